The second-order valence-corrected chi connectivity index (χ2v) is 19.0. The van der Waals surface area contributed by atoms with Gasteiger partial charge in [-0.15, -0.1) is 0 Å². The molecule has 0 spiro atoms. The van der Waals surface area contributed by atoms with Crippen LogP contribution in [-0.2, 0) is 30.3 Å². The Hall–Kier alpha value is -0.973. The third-order valence-corrected chi connectivity index (χ3v) is 15.4. The zero-order valence-electron chi connectivity index (χ0n) is 24.5. The molecule has 0 saturated heterocycles. The molecule has 0 aliphatic carbocycles. The van der Waals surface area contributed by atoms with Gasteiger partial charge in [-0.1, -0.05) is 97.2 Å². The highest BCUT2D eigenvalue weighted by Gasteiger charge is 2.33. The van der Waals surface area contributed by atoms with Crippen molar-refractivity contribution in [2.75, 3.05) is 19.3 Å². The van der Waals surface area contributed by atoms with Gasteiger partial charge >= 0.3 is 23.9 Å². The molecule has 39 heavy (non-hydrogen) atoms. The molecule has 228 valence electrons. The van der Waals surface area contributed by atoms with Crippen LogP contribution in [0.3, 0.4) is 0 Å². The molecule has 0 radical (unpaired) electrons. The van der Waals surface area contributed by atoms with Crippen LogP contribution in [0.25, 0.3) is 0 Å². The third-order valence-electron chi connectivity index (χ3n) is 7.71. The van der Waals surface area contributed by atoms with Gasteiger partial charge in [-0.2, -0.15) is 12.7 Å². The van der Waals surface area contributed by atoms with Crippen molar-refractivity contribution in [1.29, 1.82) is 0 Å². The summed E-state index contributed by atoms with van der Waals surface area (Å²) >= 11 is 0. The molecule has 0 fully saturated rings. The standard InChI is InChI=1S/C27H52NO8PSSi/c1-5-9-10-11-12-13-14-15-16-18-26(29)36-38(33,34)28(20-17-22-37(30,31)32)21-19-25-23-27(35-24-25)39(6-2,7-3)8-4/h23-24H,5-22H2,1-4H3,(H2,30,31,32). The van der Waals surface area contributed by atoms with E-state index in [9.17, 15) is 27.6 Å². The van der Waals surface area contributed by atoms with Crippen molar-refractivity contribution in [2.45, 2.75) is 123 Å². The normalized spacial score (nSPS) is 12.8. The molecule has 0 bridgehead atoms. The van der Waals surface area contributed by atoms with Crippen molar-refractivity contribution in [3.05, 3.63) is 17.9 Å². The quantitative estimate of drug-likeness (QED) is 0.0861. The topological polar surface area (TPSA) is 134 Å². The minimum Gasteiger partial charge on any atom is -0.474 e. The van der Waals surface area contributed by atoms with Crippen molar-refractivity contribution in [3.8, 4) is 0 Å². The van der Waals surface area contributed by atoms with Crippen molar-refractivity contribution in [1.82, 2.24) is 4.31 Å². The van der Waals surface area contributed by atoms with Gasteiger partial charge in [0, 0.05) is 19.5 Å². The zero-order valence-corrected chi connectivity index (χ0v) is 27.2. The summed E-state index contributed by atoms with van der Waals surface area (Å²) in [6.07, 6.45) is 11.2. The fraction of sp³-hybridized carbons (Fsp3) is 0.815. The van der Waals surface area contributed by atoms with Crippen molar-refractivity contribution in [3.63, 3.8) is 0 Å². The van der Waals surface area contributed by atoms with Gasteiger partial charge in [-0.25, -0.2) is 0 Å². The Morgan fingerprint density at radius 1 is 0.923 bits per heavy atom. The van der Waals surface area contributed by atoms with E-state index < -0.39 is 38.1 Å². The lowest BCUT2D eigenvalue weighted by atomic mass is 10.1. The van der Waals surface area contributed by atoms with Gasteiger partial charge in [-0.05, 0) is 30.9 Å². The first kappa shape index (κ1) is 36.1. The van der Waals surface area contributed by atoms with E-state index in [-0.39, 0.29) is 25.9 Å². The van der Waals surface area contributed by atoms with E-state index in [0.717, 1.165) is 52.6 Å². The van der Waals surface area contributed by atoms with Crippen LogP contribution in [0, 0.1) is 0 Å². The summed E-state index contributed by atoms with van der Waals surface area (Å²) in [5.74, 6) is -0.798. The Bertz CT molecular complexity index is 966. The molecule has 0 aromatic carbocycles. The summed E-state index contributed by atoms with van der Waals surface area (Å²) in [5.41, 5.74) is 0.855. The van der Waals surface area contributed by atoms with Gasteiger partial charge in [0.2, 0.25) is 0 Å². The van der Waals surface area contributed by atoms with Gasteiger partial charge in [0.25, 0.3) is 0 Å². The molecule has 0 unspecified atom stereocenters. The summed E-state index contributed by atoms with van der Waals surface area (Å²) in [6, 6.07) is 5.19. The molecule has 0 saturated carbocycles. The van der Waals surface area contributed by atoms with Crippen LogP contribution in [0.15, 0.2) is 16.7 Å². The van der Waals surface area contributed by atoms with Crippen molar-refractivity contribution in [2.24, 2.45) is 0 Å². The number of rotatable bonds is 23. The van der Waals surface area contributed by atoms with E-state index in [1.165, 1.54) is 32.1 Å². The van der Waals surface area contributed by atoms with Crippen LogP contribution < -0.4 is 5.38 Å². The SMILES string of the molecule is CCCCCCCCCCCC(=O)OS(=O)(=O)N(CCCP(=O)(O)O)CCc1coc([Si](CC)(CC)CC)c1. The second kappa shape index (κ2) is 18.5. The molecule has 1 heterocycles. The van der Waals surface area contributed by atoms with Crippen LogP contribution in [0.5, 0.6) is 0 Å². The van der Waals surface area contributed by atoms with Crippen molar-refractivity contribution >= 4 is 37.3 Å². The average Bonchev–Trinajstić information content (AvgIpc) is 3.35. The highest BCUT2D eigenvalue weighted by Crippen LogP contribution is 2.35. The molecule has 0 aliphatic rings. The summed E-state index contributed by atoms with van der Waals surface area (Å²) in [5, 5.41) is 1.01. The average molecular weight is 610 g/mol. The van der Waals surface area contributed by atoms with Crippen LogP contribution in [0.1, 0.15) is 104 Å². The van der Waals surface area contributed by atoms with Crippen LogP contribution in [0.2, 0.25) is 18.1 Å². The first-order valence-corrected chi connectivity index (χ1v) is 20.6. The number of furan rings is 1. The Morgan fingerprint density at radius 2 is 1.49 bits per heavy atom. The molecule has 1 aromatic heterocycles. The van der Waals surface area contributed by atoms with Gasteiger partial charge in [0.15, 0.2) is 0 Å². The van der Waals surface area contributed by atoms with E-state index >= 15 is 0 Å². The predicted octanol–water partition coefficient (Wildman–Crippen LogP) is 6.12. The van der Waals surface area contributed by atoms with E-state index in [1.807, 2.05) is 6.07 Å². The maximum atomic E-state index is 13.0. The maximum absolute atomic E-state index is 13.0. The minimum atomic E-state index is -4.40. The largest absolute Gasteiger partial charge is 0.474 e. The lowest BCUT2D eigenvalue weighted by Crippen LogP contribution is -2.44. The van der Waals surface area contributed by atoms with Crippen LogP contribution in [-0.4, -0.2) is 55.8 Å². The Kier molecular flexibility index (Phi) is 17.1. The number of carbonyl (C=O) groups is 1. The molecule has 1 rings (SSSR count). The Labute approximate surface area is 237 Å². The summed E-state index contributed by atoms with van der Waals surface area (Å²) in [4.78, 5) is 30.7. The predicted molar refractivity (Wildman–Crippen MR) is 159 cm³/mol. The monoisotopic (exact) mass is 609 g/mol. The number of unbranched alkanes of at least 4 members (excludes halogenated alkanes) is 8. The highest BCUT2D eigenvalue weighted by atomic mass is 32.2. The van der Waals surface area contributed by atoms with Gasteiger partial charge < -0.3 is 18.4 Å². The van der Waals surface area contributed by atoms with E-state index in [1.54, 1.807) is 6.26 Å². The van der Waals surface area contributed by atoms with Gasteiger partial charge in [0.1, 0.15) is 8.07 Å². The molecule has 0 amide bonds. The minimum absolute atomic E-state index is 0.0205. The van der Waals surface area contributed by atoms with Gasteiger partial charge in [0.05, 0.1) is 17.8 Å². The Balaban J connectivity index is 2.70. The molecule has 0 atom stereocenters. The number of hydrogen-bond donors (Lipinski definition) is 2. The van der Waals surface area contributed by atoms with E-state index in [4.69, 9.17) is 8.60 Å². The molecule has 12 heteroatoms. The number of nitrogens with zero attached hydrogens (tertiary/aromatic N) is 1. The lowest BCUT2D eigenvalue weighted by molar-refractivity contribution is -0.134. The summed E-state index contributed by atoms with van der Waals surface area (Å²) in [7, 11) is -10.4. The molecule has 2 N–H and O–H groups in total. The number of carbonyl (C=O) groups excluding carboxylic acids is 1. The summed E-state index contributed by atoms with van der Waals surface area (Å²) in [6.45, 7) is 8.60. The van der Waals surface area contributed by atoms with Crippen LogP contribution in [0.4, 0.5) is 0 Å². The van der Waals surface area contributed by atoms with E-state index in [0.29, 0.717) is 12.8 Å². The lowest BCUT2D eigenvalue weighted by Gasteiger charge is -2.24. The smallest absolute Gasteiger partial charge is 0.387 e. The fourth-order valence-corrected chi connectivity index (χ4v) is 9.88. The maximum Gasteiger partial charge on any atom is 0.387 e. The second-order valence-electron chi connectivity index (χ2n) is 10.5. The van der Waals surface area contributed by atoms with E-state index in [2.05, 4.69) is 27.7 Å². The molecule has 0 aliphatic heterocycles. The first-order chi connectivity index (χ1) is 18.4. The van der Waals surface area contributed by atoms with Crippen molar-refractivity contribution < 1.29 is 36.2 Å². The van der Waals surface area contributed by atoms with Crippen LogP contribution >= 0.6 is 7.60 Å². The molecular formula is C27H52NO8PSSi. The third kappa shape index (κ3) is 14.0. The first-order valence-electron chi connectivity index (χ1n) is 14.8. The molecule has 1 aromatic rings. The molecular weight excluding hydrogens is 557 g/mol. The number of hydrogen-bond acceptors (Lipinski definition) is 6. The van der Waals surface area contributed by atoms with Gasteiger partial charge in [-0.3, -0.25) is 9.36 Å². The summed E-state index contributed by atoms with van der Waals surface area (Å²) < 4.78 is 49.0. The highest BCUT2D eigenvalue weighted by molar-refractivity contribution is 7.84. The fourth-order valence-electron chi connectivity index (χ4n) is 4.89. The molecule has 9 nitrogen and oxygen atoms in total. The zero-order chi connectivity index (χ0) is 29.4. The Morgan fingerprint density at radius 3 is 2.03 bits per heavy atom.